The minimum Gasteiger partial charge on any atom is -0.367 e. The highest BCUT2D eigenvalue weighted by molar-refractivity contribution is 9.10. The lowest BCUT2D eigenvalue weighted by atomic mass is 9.75. The zero-order valence-corrected chi connectivity index (χ0v) is 20.9. The number of fused-ring (bicyclic) bond motifs is 1. The van der Waals surface area contributed by atoms with E-state index in [1.807, 2.05) is 104 Å². The Balaban J connectivity index is 1.65. The first-order chi connectivity index (χ1) is 17.0. The molecule has 1 amide bonds. The normalized spacial score (nSPS) is 17.7. The van der Waals surface area contributed by atoms with Crippen molar-refractivity contribution >= 4 is 39.0 Å². The lowest BCUT2D eigenvalue weighted by molar-refractivity contribution is -0.123. The number of hydrogen-bond donors (Lipinski definition) is 1. The van der Waals surface area contributed by atoms with Gasteiger partial charge in [0.25, 0.3) is 5.91 Å². The Morgan fingerprint density at radius 2 is 1.46 bits per heavy atom. The fourth-order valence-electron chi connectivity index (χ4n) is 4.86. The number of Topliss-reactive ketones (excluding diaryl/α,β-unsaturated/α-hetero) is 1. The maximum atomic E-state index is 14.4. The quantitative estimate of drug-likeness (QED) is 0.270. The highest BCUT2D eigenvalue weighted by atomic mass is 79.9. The Labute approximate surface area is 213 Å². The van der Waals surface area contributed by atoms with E-state index < -0.39 is 11.5 Å². The van der Waals surface area contributed by atoms with Crippen molar-refractivity contribution in [3.63, 3.8) is 0 Å². The highest BCUT2D eigenvalue weighted by Gasteiger charge is 2.56. The number of hydrogen-bond acceptors (Lipinski definition) is 3. The summed E-state index contributed by atoms with van der Waals surface area (Å²) in [5.41, 5.74) is 2.75. The van der Waals surface area contributed by atoms with Crippen molar-refractivity contribution in [1.82, 2.24) is 0 Å². The molecule has 2 unspecified atom stereocenters. The van der Waals surface area contributed by atoms with Gasteiger partial charge in [0.1, 0.15) is 0 Å². The lowest BCUT2D eigenvalue weighted by Crippen LogP contribution is -2.52. The summed E-state index contributed by atoms with van der Waals surface area (Å²) in [7, 11) is 0. The van der Waals surface area contributed by atoms with Crippen molar-refractivity contribution in [2.24, 2.45) is 5.92 Å². The summed E-state index contributed by atoms with van der Waals surface area (Å²) in [4.78, 5) is 30.0. The number of nitrogens with one attached hydrogen (secondary N) is 1. The van der Waals surface area contributed by atoms with E-state index in [0.717, 1.165) is 27.0 Å². The standard InChI is InChI=1S/C30H25BrN2O2/c1-21(28(34)23-12-6-3-7-13-23)30(32-25-18-16-24(31)17-19-25)26-14-8-9-15-27(26)33(29(30)35)20-22-10-4-2-5-11-22/h2-19,21,32H,20H2,1H3. The van der Waals surface area contributed by atoms with E-state index in [9.17, 15) is 9.59 Å². The average molecular weight is 525 g/mol. The molecule has 174 valence electrons. The fraction of sp³-hybridized carbons (Fsp3) is 0.133. The molecule has 4 nitrogen and oxygen atoms in total. The third-order valence-electron chi connectivity index (χ3n) is 6.67. The van der Waals surface area contributed by atoms with Crippen LogP contribution < -0.4 is 10.2 Å². The number of halogens is 1. The molecule has 0 saturated carbocycles. The largest absolute Gasteiger partial charge is 0.367 e. The van der Waals surface area contributed by atoms with Crippen molar-refractivity contribution < 1.29 is 9.59 Å². The Hall–Kier alpha value is -3.70. The number of ketones is 1. The molecule has 0 spiro atoms. The van der Waals surface area contributed by atoms with Gasteiger partial charge in [-0.15, -0.1) is 0 Å². The topological polar surface area (TPSA) is 49.4 Å². The number of rotatable bonds is 7. The van der Waals surface area contributed by atoms with Gasteiger partial charge in [0.05, 0.1) is 18.2 Å². The molecule has 0 aromatic heterocycles. The van der Waals surface area contributed by atoms with Crippen LogP contribution in [0, 0.1) is 5.92 Å². The number of carbonyl (C=O) groups is 2. The van der Waals surface area contributed by atoms with Gasteiger partial charge in [-0.2, -0.15) is 0 Å². The Bertz CT molecular complexity index is 1360. The van der Waals surface area contributed by atoms with E-state index in [4.69, 9.17) is 0 Å². The molecule has 2 atom stereocenters. The predicted octanol–water partition coefficient (Wildman–Crippen LogP) is 6.82. The second-order valence-corrected chi connectivity index (χ2v) is 9.70. The molecule has 0 fully saturated rings. The summed E-state index contributed by atoms with van der Waals surface area (Å²) in [5, 5.41) is 3.52. The van der Waals surface area contributed by atoms with Crippen LogP contribution in [0.4, 0.5) is 11.4 Å². The van der Waals surface area contributed by atoms with Crippen molar-refractivity contribution in [2.75, 3.05) is 10.2 Å². The highest BCUT2D eigenvalue weighted by Crippen LogP contribution is 2.48. The number of nitrogens with zero attached hydrogens (tertiary/aromatic N) is 1. The molecule has 1 heterocycles. The Morgan fingerprint density at radius 1 is 0.857 bits per heavy atom. The van der Waals surface area contributed by atoms with Gasteiger partial charge in [-0.1, -0.05) is 102 Å². The molecule has 5 heteroatoms. The summed E-state index contributed by atoms with van der Waals surface area (Å²) in [5.74, 6) is -0.884. The summed E-state index contributed by atoms with van der Waals surface area (Å²) in [6, 6.07) is 34.6. The molecule has 4 aromatic carbocycles. The van der Waals surface area contributed by atoms with Crippen molar-refractivity contribution in [3.05, 3.63) is 130 Å². The van der Waals surface area contributed by atoms with Gasteiger partial charge in [-0.25, -0.2) is 0 Å². The zero-order chi connectivity index (χ0) is 24.4. The van der Waals surface area contributed by atoms with Crippen molar-refractivity contribution in [3.8, 4) is 0 Å². The van der Waals surface area contributed by atoms with Gasteiger partial charge < -0.3 is 10.2 Å². The molecule has 0 saturated heterocycles. The minimum atomic E-state index is -1.26. The second kappa shape index (κ2) is 9.51. The molecule has 0 bridgehead atoms. The minimum absolute atomic E-state index is 0.0834. The molecule has 1 N–H and O–H groups in total. The van der Waals surface area contributed by atoms with Crippen LogP contribution >= 0.6 is 15.9 Å². The SMILES string of the molecule is CC(C(=O)c1ccccc1)C1(Nc2ccc(Br)cc2)C(=O)N(Cc2ccccc2)c2ccccc21. The molecule has 35 heavy (non-hydrogen) atoms. The molecule has 1 aliphatic rings. The number of carbonyl (C=O) groups excluding carboxylic acids is 2. The molecule has 0 radical (unpaired) electrons. The van der Waals surface area contributed by atoms with Crippen LogP contribution in [-0.2, 0) is 16.9 Å². The predicted molar refractivity (Wildman–Crippen MR) is 143 cm³/mol. The molecule has 4 aromatic rings. The van der Waals surface area contributed by atoms with Crippen LogP contribution in [-0.4, -0.2) is 11.7 Å². The number of anilines is 2. The van der Waals surface area contributed by atoms with Gasteiger partial charge in [0.15, 0.2) is 11.3 Å². The Morgan fingerprint density at radius 3 is 2.14 bits per heavy atom. The molecular weight excluding hydrogens is 500 g/mol. The molecule has 5 rings (SSSR count). The summed E-state index contributed by atoms with van der Waals surface area (Å²) in [6.45, 7) is 2.27. The summed E-state index contributed by atoms with van der Waals surface area (Å²) in [6.07, 6.45) is 0. The maximum absolute atomic E-state index is 14.4. The van der Waals surface area contributed by atoms with E-state index in [1.165, 1.54) is 0 Å². The van der Waals surface area contributed by atoms with E-state index in [0.29, 0.717) is 12.1 Å². The van der Waals surface area contributed by atoms with Crippen molar-refractivity contribution in [1.29, 1.82) is 0 Å². The van der Waals surface area contributed by atoms with Gasteiger partial charge >= 0.3 is 0 Å². The van der Waals surface area contributed by atoms with Gasteiger partial charge in [-0.05, 0) is 35.9 Å². The van der Waals surface area contributed by atoms with Gasteiger partial charge in [0.2, 0.25) is 0 Å². The average Bonchev–Trinajstić information content (AvgIpc) is 3.13. The number of para-hydroxylation sites is 1. The first-order valence-electron chi connectivity index (χ1n) is 11.6. The van der Waals surface area contributed by atoms with E-state index >= 15 is 0 Å². The van der Waals surface area contributed by atoms with Gasteiger partial charge in [0, 0.05) is 21.3 Å². The molecular formula is C30H25BrN2O2. The second-order valence-electron chi connectivity index (χ2n) is 8.79. The van der Waals surface area contributed by atoms with Crippen LogP contribution in [0.1, 0.15) is 28.4 Å². The molecule has 0 aliphatic carbocycles. The van der Waals surface area contributed by atoms with Crippen LogP contribution in [0.25, 0.3) is 0 Å². The number of amides is 1. The fourth-order valence-corrected chi connectivity index (χ4v) is 5.12. The Kier molecular flexibility index (Phi) is 6.27. The van der Waals surface area contributed by atoms with Crippen LogP contribution in [0.15, 0.2) is 114 Å². The molecule has 1 aliphatic heterocycles. The van der Waals surface area contributed by atoms with Gasteiger partial charge in [-0.3, -0.25) is 9.59 Å². The van der Waals surface area contributed by atoms with Crippen molar-refractivity contribution in [2.45, 2.75) is 19.0 Å². The van der Waals surface area contributed by atoms with E-state index in [1.54, 1.807) is 17.0 Å². The first kappa shape index (κ1) is 23.1. The van der Waals surface area contributed by atoms with E-state index in [2.05, 4.69) is 21.2 Å². The lowest BCUT2D eigenvalue weighted by Gasteiger charge is -2.36. The third-order valence-corrected chi connectivity index (χ3v) is 7.20. The van der Waals surface area contributed by atoms with Crippen LogP contribution in [0.3, 0.4) is 0 Å². The zero-order valence-electron chi connectivity index (χ0n) is 19.3. The van der Waals surface area contributed by atoms with Crippen LogP contribution in [0.5, 0.6) is 0 Å². The number of benzene rings is 4. The summed E-state index contributed by atoms with van der Waals surface area (Å²) >= 11 is 3.48. The third kappa shape index (κ3) is 4.17. The van der Waals surface area contributed by atoms with E-state index in [-0.39, 0.29) is 11.7 Å². The van der Waals surface area contributed by atoms with Crippen LogP contribution in [0.2, 0.25) is 0 Å². The maximum Gasteiger partial charge on any atom is 0.258 e. The summed E-state index contributed by atoms with van der Waals surface area (Å²) < 4.78 is 0.939. The smallest absolute Gasteiger partial charge is 0.258 e. The first-order valence-corrected chi connectivity index (χ1v) is 12.4. The monoisotopic (exact) mass is 524 g/mol.